The molecule has 2 heterocycles. The summed E-state index contributed by atoms with van der Waals surface area (Å²) >= 11 is 12.3. The maximum atomic E-state index is 6.16. The highest BCUT2D eigenvalue weighted by Crippen LogP contribution is 2.23. The maximum absolute atomic E-state index is 6.16. The summed E-state index contributed by atoms with van der Waals surface area (Å²) in [6.45, 7) is 3.25. The molecule has 0 spiro atoms. The average molecular weight is 347 g/mol. The highest BCUT2D eigenvalue weighted by atomic mass is 35.5. The van der Waals surface area contributed by atoms with Crippen LogP contribution in [0.3, 0.4) is 0 Å². The summed E-state index contributed by atoms with van der Waals surface area (Å²) in [5, 5.41) is 4.69. The topological polar surface area (TPSA) is 42.7 Å². The predicted molar refractivity (Wildman–Crippen MR) is 93.1 cm³/mol. The first-order valence-corrected chi connectivity index (χ1v) is 7.99. The number of hydrogen-bond acceptors (Lipinski definition) is 3. The van der Waals surface area contributed by atoms with E-state index in [-0.39, 0.29) is 0 Å². The van der Waals surface area contributed by atoms with Gasteiger partial charge in [-0.2, -0.15) is 0 Å². The molecule has 23 heavy (non-hydrogen) atoms. The number of hydrogen-bond donors (Lipinski definition) is 1. The smallest absolute Gasteiger partial charge is 0.137 e. The van der Waals surface area contributed by atoms with Crippen LogP contribution in [0.15, 0.2) is 48.9 Å². The largest absolute Gasteiger partial charge is 0.308 e. The molecule has 3 aromatic rings. The van der Waals surface area contributed by atoms with E-state index in [1.165, 1.54) is 0 Å². The lowest BCUT2D eigenvalue weighted by molar-refractivity contribution is 0.691. The number of imidazole rings is 1. The lowest BCUT2D eigenvalue weighted by Crippen LogP contribution is -2.13. The van der Waals surface area contributed by atoms with Crippen LogP contribution in [0.25, 0.3) is 5.82 Å². The van der Waals surface area contributed by atoms with Gasteiger partial charge in [-0.25, -0.2) is 9.97 Å². The minimum atomic E-state index is 0.612. The van der Waals surface area contributed by atoms with Crippen LogP contribution < -0.4 is 5.32 Å². The highest BCUT2D eigenvalue weighted by molar-refractivity contribution is 6.35. The summed E-state index contributed by atoms with van der Waals surface area (Å²) in [6.07, 6.45) is 5.52. The van der Waals surface area contributed by atoms with E-state index in [1.54, 1.807) is 6.20 Å². The number of aromatic nitrogens is 3. The third kappa shape index (κ3) is 3.72. The van der Waals surface area contributed by atoms with Crippen LogP contribution in [0.4, 0.5) is 0 Å². The van der Waals surface area contributed by atoms with Crippen molar-refractivity contribution in [3.05, 3.63) is 75.9 Å². The summed E-state index contributed by atoms with van der Waals surface area (Å²) in [5.41, 5.74) is 2.00. The van der Waals surface area contributed by atoms with Gasteiger partial charge in [0.05, 0.1) is 0 Å². The molecule has 1 aromatic carbocycles. The van der Waals surface area contributed by atoms with Gasteiger partial charge in [0.1, 0.15) is 11.6 Å². The van der Waals surface area contributed by atoms with Crippen LogP contribution in [0.2, 0.25) is 10.0 Å². The summed E-state index contributed by atoms with van der Waals surface area (Å²) < 4.78 is 1.95. The van der Waals surface area contributed by atoms with Gasteiger partial charge in [-0.3, -0.25) is 4.57 Å². The van der Waals surface area contributed by atoms with Crippen molar-refractivity contribution in [2.24, 2.45) is 0 Å². The molecular formula is C17H16Cl2N4. The van der Waals surface area contributed by atoms with Gasteiger partial charge in [-0.1, -0.05) is 35.3 Å². The van der Waals surface area contributed by atoms with E-state index in [1.807, 2.05) is 54.2 Å². The molecule has 0 saturated carbocycles. The van der Waals surface area contributed by atoms with E-state index in [9.17, 15) is 0 Å². The van der Waals surface area contributed by atoms with Gasteiger partial charge in [-0.05, 0) is 30.7 Å². The predicted octanol–water partition coefficient (Wildman–Crippen LogP) is 4.17. The van der Waals surface area contributed by atoms with E-state index in [4.69, 9.17) is 23.2 Å². The minimum Gasteiger partial charge on any atom is -0.308 e. The summed E-state index contributed by atoms with van der Waals surface area (Å²) in [7, 11) is 0. The van der Waals surface area contributed by atoms with Crippen molar-refractivity contribution in [1.82, 2.24) is 19.9 Å². The van der Waals surface area contributed by atoms with Crippen LogP contribution in [0, 0.1) is 6.92 Å². The zero-order valence-electron chi connectivity index (χ0n) is 12.6. The molecule has 3 rings (SSSR count). The monoisotopic (exact) mass is 346 g/mol. The van der Waals surface area contributed by atoms with Crippen LogP contribution in [-0.2, 0) is 13.1 Å². The lowest BCUT2D eigenvalue weighted by atomic mass is 10.2. The molecule has 4 nitrogen and oxygen atoms in total. The van der Waals surface area contributed by atoms with Crippen LogP contribution >= 0.6 is 23.2 Å². The molecule has 0 aliphatic rings. The summed E-state index contributed by atoms with van der Waals surface area (Å²) in [5.74, 6) is 1.77. The summed E-state index contributed by atoms with van der Waals surface area (Å²) in [4.78, 5) is 8.67. The Morgan fingerprint density at radius 1 is 1.04 bits per heavy atom. The Bertz CT molecular complexity index is 776. The van der Waals surface area contributed by atoms with Gasteiger partial charge in [0.25, 0.3) is 0 Å². The molecular weight excluding hydrogens is 331 g/mol. The molecule has 1 N–H and O–H groups in total. The zero-order chi connectivity index (χ0) is 16.2. The maximum Gasteiger partial charge on any atom is 0.137 e. The molecule has 0 bridgehead atoms. The minimum absolute atomic E-state index is 0.612. The molecule has 0 saturated heterocycles. The molecule has 0 fully saturated rings. The Hall–Kier alpha value is -1.88. The van der Waals surface area contributed by atoms with E-state index in [2.05, 4.69) is 15.3 Å². The number of benzene rings is 1. The van der Waals surface area contributed by atoms with Crippen LogP contribution in [-0.4, -0.2) is 14.5 Å². The average Bonchev–Trinajstić information content (AvgIpc) is 2.97. The van der Waals surface area contributed by atoms with Gasteiger partial charge in [0, 0.05) is 47.3 Å². The first-order chi connectivity index (χ1) is 11.1. The number of rotatable bonds is 5. The van der Waals surface area contributed by atoms with Crippen molar-refractivity contribution in [2.45, 2.75) is 20.0 Å². The van der Waals surface area contributed by atoms with E-state index in [0.717, 1.165) is 22.8 Å². The van der Waals surface area contributed by atoms with Gasteiger partial charge in [0.15, 0.2) is 0 Å². The first-order valence-electron chi connectivity index (χ1n) is 7.24. The number of aryl methyl sites for hydroxylation is 1. The van der Waals surface area contributed by atoms with Gasteiger partial charge in [-0.15, -0.1) is 0 Å². The molecule has 0 atom stereocenters. The molecule has 6 heteroatoms. The second-order valence-electron chi connectivity index (χ2n) is 5.17. The van der Waals surface area contributed by atoms with E-state index in [0.29, 0.717) is 23.1 Å². The van der Waals surface area contributed by atoms with Gasteiger partial charge < -0.3 is 5.32 Å². The Labute approximate surface area is 145 Å². The Morgan fingerprint density at radius 2 is 1.83 bits per heavy atom. The van der Waals surface area contributed by atoms with Crippen molar-refractivity contribution < 1.29 is 0 Å². The van der Waals surface area contributed by atoms with E-state index >= 15 is 0 Å². The number of nitrogens with one attached hydrogen (secondary N) is 1. The fourth-order valence-electron chi connectivity index (χ4n) is 2.32. The van der Waals surface area contributed by atoms with Crippen molar-refractivity contribution >= 4 is 23.2 Å². The number of halogens is 2. The Morgan fingerprint density at radius 3 is 2.43 bits per heavy atom. The first kappa shape index (κ1) is 16.0. The fourth-order valence-corrected chi connectivity index (χ4v) is 2.85. The summed E-state index contributed by atoms with van der Waals surface area (Å²) in [6, 6.07) is 9.55. The molecule has 0 amide bonds. The van der Waals surface area contributed by atoms with Crippen LogP contribution in [0.1, 0.15) is 17.0 Å². The SMILES string of the molecule is Cc1nccn1-c1ccc(CNCc2c(Cl)cccc2Cl)cn1. The Balaban J connectivity index is 1.62. The fraction of sp³-hybridized carbons (Fsp3) is 0.176. The highest BCUT2D eigenvalue weighted by Gasteiger charge is 2.05. The molecule has 118 valence electrons. The van der Waals surface area contributed by atoms with E-state index < -0.39 is 0 Å². The standard InChI is InChI=1S/C17H16Cl2N4/c1-12-21-7-8-23(12)17-6-5-13(10-22-17)9-20-11-14-15(18)3-2-4-16(14)19/h2-8,10,20H,9,11H2,1H3. The van der Waals surface area contributed by atoms with Crippen molar-refractivity contribution in [3.63, 3.8) is 0 Å². The number of pyridine rings is 1. The molecule has 2 aromatic heterocycles. The zero-order valence-corrected chi connectivity index (χ0v) is 14.1. The van der Waals surface area contributed by atoms with Crippen molar-refractivity contribution in [1.29, 1.82) is 0 Å². The van der Waals surface area contributed by atoms with Crippen molar-refractivity contribution in [3.8, 4) is 5.82 Å². The van der Waals surface area contributed by atoms with Crippen molar-refractivity contribution in [2.75, 3.05) is 0 Å². The Kier molecular flexibility index (Phi) is 4.96. The van der Waals surface area contributed by atoms with Gasteiger partial charge >= 0.3 is 0 Å². The quantitative estimate of drug-likeness (QED) is 0.753. The van der Waals surface area contributed by atoms with Crippen LogP contribution in [0.5, 0.6) is 0 Å². The van der Waals surface area contributed by atoms with Gasteiger partial charge in [0.2, 0.25) is 0 Å². The third-order valence-electron chi connectivity index (χ3n) is 3.57. The lowest BCUT2D eigenvalue weighted by Gasteiger charge is -2.09. The second kappa shape index (κ2) is 7.13. The molecule has 0 radical (unpaired) electrons. The second-order valence-corrected chi connectivity index (χ2v) is 5.99. The number of nitrogens with zero attached hydrogens (tertiary/aromatic N) is 3. The molecule has 0 aliphatic heterocycles. The normalized spacial score (nSPS) is 10.9. The third-order valence-corrected chi connectivity index (χ3v) is 4.28. The molecule has 0 aliphatic carbocycles. The molecule has 0 unspecified atom stereocenters.